The Morgan fingerprint density at radius 2 is 2.19 bits per heavy atom. The van der Waals surface area contributed by atoms with Gasteiger partial charge >= 0.3 is 0 Å². The second-order valence-electron chi connectivity index (χ2n) is 4.86. The SMILES string of the molecule is [2H]C1(n2c(C)nc3cccc(N)c3c2=O)CCC(=O)NC1=O. The zero-order chi connectivity index (χ0) is 16.1. The first-order valence-corrected chi connectivity index (χ1v) is 6.47. The Labute approximate surface area is 121 Å². The van der Waals surface area contributed by atoms with Gasteiger partial charge in [0.05, 0.1) is 12.3 Å². The third-order valence-electron chi connectivity index (χ3n) is 3.47. The summed E-state index contributed by atoms with van der Waals surface area (Å²) in [6, 6.07) is 2.98. The summed E-state index contributed by atoms with van der Waals surface area (Å²) in [6.45, 7) is 1.55. The van der Waals surface area contributed by atoms with Gasteiger partial charge in [0.2, 0.25) is 11.8 Å². The number of hydrogen-bond donors (Lipinski definition) is 2. The van der Waals surface area contributed by atoms with Crippen LogP contribution in [0.1, 0.15) is 26.1 Å². The fourth-order valence-electron chi connectivity index (χ4n) is 2.50. The van der Waals surface area contributed by atoms with Gasteiger partial charge in [0.15, 0.2) is 0 Å². The number of carbonyl (C=O) groups is 2. The molecule has 2 heterocycles. The maximum atomic E-state index is 12.8. The van der Waals surface area contributed by atoms with Crippen LogP contribution in [0.3, 0.4) is 0 Å². The van der Waals surface area contributed by atoms with E-state index in [4.69, 9.17) is 7.10 Å². The Kier molecular flexibility index (Phi) is 2.70. The van der Waals surface area contributed by atoms with Crippen LogP contribution in [0.4, 0.5) is 5.69 Å². The normalized spacial score (nSPS) is 23.0. The first-order valence-electron chi connectivity index (χ1n) is 6.97. The number of rotatable bonds is 1. The Bertz CT molecular complexity index is 876. The van der Waals surface area contributed by atoms with E-state index in [0.29, 0.717) is 5.52 Å². The average molecular weight is 287 g/mol. The van der Waals surface area contributed by atoms with Crippen LogP contribution in [-0.4, -0.2) is 21.4 Å². The summed E-state index contributed by atoms with van der Waals surface area (Å²) in [4.78, 5) is 40.4. The molecule has 2 aromatic rings. The number of piperidine rings is 1. The summed E-state index contributed by atoms with van der Waals surface area (Å²) in [5.41, 5.74) is 5.93. The minimum absolute atomic E-state index is 0.0105. The minimum Gasteiger partial charge on any atom is -0.398 e. The molecule has 1 unspecified atom stereocenters. The standard InChI is InChI=1S/C14H14N4O3/c1-7-16-9-4-2-3-8(15)12(9)14(21)18(7)10-5-6-11(19)17-13(10)20/h2-4,10H,5-6,15H2,1H3,(H,17,19,20)/i10D. The summed E-state index contributed by atoms with van der Waals surface area (Å²) in [5.74, 6) is -1.06. The smallest absolute Gasteiger partial charge is 0.264 e. The first-order chi connectivity index (χ1) is 10.3. The lowest BCUT2D eigenvalue weighted by Crippen LogP contribution is -2.45. The molecule has 0 spiro atoms. The van der Waals surface area contributed by atoms with Gasteiger partial charge in [-0.1, -0.05) is 6.07 Å². The Morgan fingerprint density at radius 3 is 2.90 bits per heavy atom. The topological polar surface area (TPSA) is 107 Å². The molecular formula is C14H14N4O3. The molecule has 0 aliphatic carbocycles. The van der Waals surface area contributed by atoms with Gasteiger partial charge in [0, 0.05) is 12.1 Å². The number of nitrogens with two attached hydrogens (primary N) is 1. The first kappa shape index (κ1) is 12.1. The number of nitrogens with zero attached hydrogens (tertiary/aromatic N) is 2. The van der Waals surface area contributed by atoms with E-state index in [-0.39, 0.29) is 29.7 Å². The van der Waals surface area contributed by atoms with Crippen molar-refractivity contribution in [2.24, 2.45) is 0 Å². The summed E-state index contributed by atoms with van der Waals surface area (Å²) in [6.07, 6.45) is -0.0955. The van der Waals surface area contributed by atoms with E-state index in [2.05, 4.69) is 10.3 Å². The van der Waals surface area contributed by atoms with Crippen molar-refractivity contribution < 1.29 is 11.0 Å². The summed E-state index contributed by atoms with van der Waals surface area (Å²) in [7, 11) is 0. The number of fused-ring (bicyclic) bond motifs is 1. The number of nitrogens with one attached hydrogen (secondary N) is 1. The van der Waals surface area contributed by atoms with Crippen LogP contribution in [0.15, 0.2) is 23.0 Å². The van der Waals surface area contributed by atoms with Crippen molar-refractivity contribution in [3.63, 3.8) is 0 Å². The molecule has 1 aromatic carbocycles. The quantitative estimate of drug-likeness (QED) is 0.578. The number of amides is 2. The lowest BCUT2D eigenvalue weighted by atomic mass is 10.1. The van der Waals surface area contributed by atoms with E-state index in [0.717, 1.165) is 4.57 Å². The van der Waals surface area contributed by atoms with Gasteiger partial charge in [-0.3, -0.25) is 24.3 Å². The monoisotopic (exact) mass is 287 g/mol. The molecule has 1 saturated heterocycles. The highest BCUT2D eigenvalue weighted by molar-refractivity contribution is 5.99. The number of aryl methyl sites for hydroxylation is 1. The highest BCUT2D eigenvalue weighted by Crippen LogP contribution is 2.21. The van der Waals surface area contributed by atoms with E-state index in [9.17, 15) is 14.4 Å². The lowest BCUT2D eigenvalue weighted by molar-refractivity contribution is -0.135. The van der Waals surface area contributed by atoms with E-state index in [1.807, 2.05) is 0 Å². The number of imide groups is 1. The van der Waals surface area contributed by atoms with Gasteiger partial charge < -0.3 is 5.73 Å². The number of hydrogen-bond acceptors (Lipinski definition) is 5. The molecule has 7 nitrogen and oxygen atoms in total. The number of nitrogen functional groups attached to an aromatic ring is 1. The summed E-state index contributed by atoms with van der Waals surface area (Å²) >= 11 is 0. The maximum Gasteiger partial charge on any atom is 0.264 e. The van der Waals surface area contributed by atoms with Crippen LogP contribution in [0.2, 0.25) is 0 Å². The van der Waals surface area contributed by atoms with Gasteiger partial charge in [-0.15, -0.1) is 0 Å². The predicted octanol–water partition coefficient (Wildman–Crippen LogP) is 0.265. The van der Waals surface area contributed by atoms with Crippen LogP contribution in [0.5, 0.6) is 0 Å². The molecule has 3 rings (SSSR count). The van der Waals surface area contributed by atoms with Gasteiger partial charge in [-0.2, -0.15) is 0 Å². The fraction of sp³-hybridized carbons (Fsp3) is 0.286. The number of aromatic nitrogens is 2. The molecule has 0 radical (unpaired) electrons. The van der Waals surface area contributed by atoms with Crippen molar-refractivity contribution in [2.75, 3.05) is 5.73 Å². The van der Waals surface area contributed by atoms with Crippen molar-refractivity contribution in [1.82, 2.24) is 14.9 Å². The largest absolute Gasteiger partial charge is 0.398 e. The molecule has 21 heavy (non-hydrogen) atoms. The molecule has 7 heteroatoms. The van der Waals surface area contributed by atoms with Gasteiger partial charge in [0.25, 0.3) is 5.56 Å². The van der Waals surface area contributed by atoms with Crippen LogP contribution >= 0.6 is 0 Å². The van der Waals surface area contributed by atoms with Crippen molar-refractivity contribution in [3.8, 4) is 0 Å². The molecule has 0 saturated carbocycles. The average Bonchev–Trinajstić information content (AvgIpc) is 2.43. The summed E-state index contributed by atoms with van der Waals surface area (Å²) < 4.78 is 9.41. The fourth-order valence-corrected chi connectivity index (χ4v) is 2.50. The van der Waals surface area contributed by atoms with Gasteiger partial charge in [-0.05, 0) is 25.5 Å². The molecule has 2 amide bonds. The van der Waals surface area contributed by atoms with Crippen LogP contribution in [-0.2, 0) is 9.59 Å². The zero-order valence-corrected chi connectivity index (χ0v) is 11.3. The lowest BCUT2D eigenvalue weighted by Gasteiger charge is -2.24. The van der Waals surface area contributed by atoms with Crippen molar-refractivity contribution in [1.29, 1.82) is 0 Å². The van der Waals surface area contributed by atoms with Crippen molar-refractivity contribution in [2.45, 2.75) is 25.8 Å². The molecule has 3 N–H and O–H groups in total. The van der Waals surface area contributed by atoms with Crippen LogP contribution in [0, 0.1) is 6.92 Å². The number of carbonyl (C=O) groups excluding carboxylic acids is 2. The molecule has 1 atom stereocenters. The van der Waals surface area contributed by atoms with Crippen molar-refractivity contribution >= 4 is 28.4 Å². The maximum absolute atomic E-state index is 12.8. The molecule has 1 fully saturated rings. The highest BCUT2D eigenvalue weighted by atomic mass is 16.2. The minimum atomic E-state index is -1.90. The molecule has 0 bridgehead atoms. The predicted molar refractivity (Wildman–Crippen MR) is 76.6 cm³/mol. The molecule has 1 aliphatic heterocycles. The highest BCUT2D eigenvalue weighted by Gasteiger charge is 2.30. The molecule has 1 aliphatic rings. The van der Waals surface area contributed by atoms with Crippen LogP contribution < -0.4 is 16.6 Å². The Hall–Kier alpha value is -2.70. The van der Waals surface area contributed by atoms with Crippen molar-refractivity contribution in [3.05, 3.63) is 34.4 Å². The third-order valence-corrected chi connectivity index (χ3v) is 3.47. The number of benzene rings is 1. The summed E-state index contributed by atoms with van der Waals surface area (Å²) in [5, 5.41) is 2.27. The molecule has 108 valence electrons. The molecule has 1 aromatic heterocycles. The van der Waals surface area contributed by atoms with E-state index in [1.165, 1.54) is 0 Å². The van der Waals surface area contributed by atoms with Gasteiger partial charge in [0.1, 0.15) is 11.8 Å². The Morgan fingerprint density at radius 1 is 1.43 bits per heavy atom. The second kappa shape index (κ2) is 4.69. The number of anilines is 1. The third kappa shape index (κ3) is 2.06. The van der Waals surface area contributed by atoms with Gasteiger partial charge in [-0.25, -0.2) is 4.98 Å². The van der Waals surface area contributed by atoms with E-state index in [1.54, 1.807) is 25.1 Å². The zero-order valence-electron chi connectivity index (χ0n) is 12.3. The molecular weight excluding hydrogens is 272 g/mol. The Balaban J connectivity index is 2.32. The second-order valence-corrected chi connectivity index (χ2v) is 4.86. The van der Waals surface area contributed by atoms with E-state index >= 15 is 0 Å². The van der Waals surface area contributed by atoms with E-state index < -0.39 is 23.4 Å². The van der Waals surface area contributed by atoms with Crippen LogP contribution in [0.25, 0.3) is 10.9 Å².